The molecule has 0 aromatic rings. The van der Waals surface area contributed by atoms with Gasteiger partial charge in [-0.15, -0.1) is 0 Å². The van der Waals surface area contributed by atoms with Crippen molar-refractivity contribution in [3.05, 3.63) is 36.5 Å². The molecule has 22 heavy (non-hydrogen) atoms. The summed E-state index contributed by atoms with van der Waals surface area (Å²) in [6, 6.07) is 0. The topological polar surface area (TPSA) is 37.3 Å². The molecule has 0 fully saturated rings. The average Bonchev–Trinajstić information content (AvgIpc) is 2.50. The molecule has 0 radical (unpaired) electrons. The van der Waals surface area contributed by atoms with Crippen LogP contribution in [0.4, 0.5) is 0 Å². The van der Waals surface area contributed by atoms with E-state index >= 15 is 0 Å². The number of carboxylic acid groups (broad SMARTS) is 1. The first-order valence-electron chi connectivity index (χ1n) is 8.94. The fraction of sp³-hybridized carbons (Fsp3) is 0.650. The lowest BCUT2D eigenvalue weighted by molar-refractivity contribution is -0.136. The lowest BCUT2D eigenvalue weighted by atomic mass is 10.1. The minimum atomic E-state index is -0.760. The molecule has 0 heterocycles. The molecule has 0 atom stereocenters. The van der Waals surface area contributed by atoms with Gasteiger partial charge in [0.2, 0.25) is 0 Å². The first-order valence-corrected chi connectivity index (χ1v) is 8.94. The minimum absolute atomic E-state index is 0.138. The predicted molar refractivity (Wildman–Crippen MR) is 96.1 cm³/mol. The summed E-state index contributed by atoms with van der Waals surface area (Å²) < 4.78 is 0. The summed E-state index contributed by atoms with van der Waals surface area (Å²) in [4.78, 5) is 10.3. The summed E-state index contributed by atoms with van der Waals surface area (Å²) in [6.07, 6.45) is 26.5. The van der Waals surface area contributed by atoms with E-state index < -0.39 is 5.97 Å². The van der Waals surface area contributed by atoms with Gasteiger partial charge in [0.1, 0.15) is 0 Å². The van der Waals surface area contributed by atoms with Crippen LogP contribution in [0.1, 0.15) is 84.0 Å². The molecule has 126 valence electrons. The van der Waals surface area contributed by atoms with Crippen molar-refractivity contribution in [2.24, 2.45) is 0 Å². The Labute approximate surface area is 137 Å². The second-order valence-corrected chi connectivity index (χ2v) is 5.70. The molecule has 0 saturated heterocycles. The number of carboxylic acids is 1. The highest BCUT2D eigenvalue weighted by Crippen LogP contribution is 2.09. The largest absolute Gasteiger partial charge is 0.481 e. The Kier molecular flexibility index (Phi) is 16.7. The monoisotopic (exact) mass is 306 g/mol. The van der Waals surface area contributed by atoms with Crippen LogP contribution >= 0.6 is 0 Å². The fourth-order valence-electron chi connectivity index (χ4n) is 2.25. The van der Waals surface area contributed by atoms with Crippen molar-refractivity contribution in [2.45, 2.75) is 84.0 Å². The normalized spacial score (nSPS) is 12.0. The number of allylic oxidation sites excluding steroid dienone is 5. The van der Waals surface area contributed by atoms with Gasteiger partial charge in [-0.1, -0.05) is 69.1 Å². The van der Waals surface area contributed by atoms with Crippen molar-refractivity contribution in [2.75, 3.05) is 0 Å². The lowest BCUT2D eigenvalue weighted by Crippen LogP contribution is -1.89. The highest BCUT2D eigenvalue weighted by molar-refractivity contribution is 5.68. The smallest absolute Gasteiger partial charge is 0.307 e. The summed E-state index contributed by atoms with van der Waals surface area (Å²) in [5, 5.41) is 8.47. The Balaban J connectivity index is 3.19. The van der Waals surface area contributed by atoms with E-state index in [1.165, 1.54) is 51.4 Å². The first-order chi connectivity index (χ1) is 10.8. The standard InChI is InChI=1S/C20H34O2/c1-2-3-4-5-6-7-8-9-10-11-12-13-14-15-16-17-18-19-20(21)22/h3-4,13-14,17-18H,2,5-12,15-16,19H2,1H3,(H,21,22)/b4-3+,14-13+,18-17+. The Bertz CT molecular complexity index is 327. The van der Waals surface area contributed by atoms with Crippen LogP contribution in [0.3, 0.4) is 0 Å². The molecule has 0 bridgehead atoms. The van der Waals surface area contributed by atoms with Crippen molar-refractivity contribution < 1.29 is 9.90 Å². The molecule has 2 nitrogen and oxygen atoms in total. The summed E-state index contributed by atoms with van der Waals surface area (Å²) in [7, 11) is 0. The number of aliphatic carboxylic acids is 1. The Morgan fingerprint density at radius 2 is 1.14 bits per heavy atom. The van der Waals surface area contributed by atoms with Crippen molar-refractivity contribution in [1.82, 2.24) is 0 Å². The van der Waals surface area contributed by atoms with Gasteiger partial charge in [-0.25, -0.2) is 0 Å². The second-order valence-electron chi connectivity index (χ2n) is 5.70. The molecule has 0 aromatic heterocycles. The van der Waals surface area contributed by atoms with E-state index in [1.54, 1.807) is 6.08 Å². The third-order valence-corrected chi connectivity index (χ3v) is 3.52. The maximum absolute atomic E-state index is 10.3. The summed E-state index contributed by atoms with van der Waals surface area (Å²) >= 11 is 0. The van der Waals surface area contributed by atoms with Crippen molar-refractivity contribution in [3.8, 4) is 0 Å². The second kappa shape index (κ2) is 17.7. The summed E-state index contributed by atoms with van der Waals surface area (Å²) in [5.74, 6) is -0.760. The molecule has 0 amide bonds. The maximum Gasteiger partial charge on any atom is 0.307 e. The number of unbranched alkanes of at least 4 members (excludes halogenated alkanes) is 8. The predicted octanol–water partition coefficient (Wildman–Crippen LogP) is 6.44. The van der Waals surface area contributed by atoms with Crippen LogP contribution in [-0.2, 0) is 4.79 Å². The summed E-state index contributed by atoms with van der Waals surface area (Å²) in [5.41, 5.74) is 0. The Hall–Kier alpha value is -1.31. The van der Waals surface area contributed by atoms with Gasteiger partial charge in [0, 0.05) is 0 Å². The maximum atomic E-state index is 10.3. The van der Waals surface area contributed by atoms with Gasteiger partial charge < -0.3 is 5.11 Å². The molecule has 1 N–H and O–H groups in total. The van der Waals surface area contributed by atoms with Gasteiger partial charge in [0.15, 0.2) is 0 Å². The number of hydrogen-bond donors (Lipinski definition) is 1. The molecule has 0 aliphatic heterocycles. The number of carbonyl (C=O) groups is 1. The van der Waals surface area contributed by atoms with Gasteiger partial charge >= 0.3 is 5.97 Å². The van der Waals surface area contributed by atoms with E-state index in [0.29, 0.717) is 0 Å². The van der Waals surface area contributed by atoms with Crippen LogP contribution in [0, 0.1) is 0 Å². The van der Waals surface area contributed by atoms with E-state index in [2.05, 4.69) is 31.2 Å². The zero-order valence-electron chi connectivity index (χ0n) is 14.3. The quantitative estimate of drug-likeness (QED) is 0.279. The van der Waals surface area contributed by atoms with Crippen LogP contribution in [0.25, 0.3) is 0 Å². The molecule has 0 aromatic carbocycles. The van der Waals surface area contributed by atoms with Crippen molar-refractivity contribution in [1.29, 1.82) is 0 Å². The average molecular weight is 306 g/mol. The highest BCUT2D eigenvalue weighted by Gasteiger charge is 1.90. The van der Waals surface area contributed by atoms with Gasteiger partial charge in [-0.3, -0.25) is 4.79 Å². The Morgan fingerprint density at radius 1 is 0.682 bits per heavy atom. The SMILES string of the molecule is CC/C=C/CCCCCCCC/C=C/CC/C=C/CC(=O)O. The van der Waals surface area contributed by atoms with Gasteiger partial charge in [0.25, 0.3) is 0 Å². The molecule has 0 saturated carbocycles. The van der Waals surface area contributed by atoms with E-state index in [0.717, 1.165) is 19.3 Å². The zero-order chi connectivity index (χ0) is 16.3. The van der Waals surface area contributed by atoms with Gasteiger partial charge in [0.05, 0.1) is 6.42 Å². The van der Waals surface area contributed by atoms with Crippen LogP contribution in [0.5, 0.6) is 0 Å². The van der Waals surface area contributed by atoms with E-state index in [-0.39, 0.29) is 6.42 Å². The molecule has 0 aliphatic carbocycles. The van der Waals surface area contributed by atoms with Crippen LogP contribution in [0.2, 0.25) is 0 Å². The molecule has 0 spiro atoms. The van der Waals surface area contributed by atoms with Gasteiger partial charge in [-0.05, 0) is 44.9 Å². The van der Waals surface area contributed by atoms with Gasteiger partial charge in [-0.2, -0.15) is 0 Å². The molecule has 0 aliphatic rings. The molecule has 2 heteroatoms. The zero-order valence-corrected chi connectivity index (χ0v) is 14.3. The van der Waals surface area contributed by atoms with Crippen molar-refractivity contribution >= 4 is 5.97 Å². The third kappa shape index (κ3) is 18.7. The Morgan fingerprint density at radius 3 is 1.68 bits per heavy atom. The van der Waals surface area contributed by atoms with E-state index in [4.69, 9.17) is 5.11 Å². The molecule has 0 rings (SSSR count). The number of hydrogen-bond acceptors (Lipinski definition) is 1. The van der Waals surface area contributed by atoms with E-state index in [1.807, 2.05) is 6.08 Å². The van der Waals surface area contributed by atoms with Crippen LogP contribution in [0.15, 0.2) is 36.5 Å². The molecular weight excluding hydrogens is 272 g/mol. The fourth-order valence-corrected chi connectivity index (χ4v) is 2.25. The highest BCUT2D eigenvalue weighted by atomic mass is 16.4. The minimum Gasteiger partial charge on any atom is -0.481 e. The number of rotatable bonds is 15. The lowest BCUT2D eigenvalue weighted by Gasteiger charge is -1.99. The third-order valence-electron chi connectivity index (χ3n) is 3.52. The molecule has 0 unspecified atom stereocenters. The van der Waals surface area contributed by atoms with Crippen LogP contribution < -0.4 is 0 Å². The van der Waals surface area contributed by atoms with Crippen molar-refractivity contribution in [3.63, 3.8) is 0 Å². The first kappa shape index (κ1) is 20.7. The van der Waals surface area contributed by atoms with E-state index in [9.17, 15) is 4.79 Å². The summed E-state index contributed by atoms with van der Waals surface area (Å²) in [6.45, 7) is 2.18. The molecular formula is C20H34O2. The van der Waals surface area contributed by atoms with Crippen LogP contribution in [-0.4, -0.2) is 11.1 Å².